The van der Waals surface area contributed by atoms with Crippen molar-refractivity contribution in [1.82, 2.24) is 0 Å². The molecule has 0 radical (unpaired) electrons. The van der Waals surface area contributed by atoms with Crippen LogP contribution in [0, 0.1) is 10.8 Å². The zero-order valence-electron chi connectivity index (χ0n) is 10.2. The van der Waals surface area contributed by atoms with Gasteiger partial charge in [0.15, 0.2) is 0 Å². The van der Waals surface area contributed by atoms with Crippen molar-refractivity contribution in [3.8, 4) is 0 Å². The average Bonchev–Trinajstić information content (AvgIpc) is 1.96. The van der Waals surface area contributed by atoms with E-state index in [0.717, 1.165) is 0 Å². The molecule has 0 atom stereocenters. The van der Waals surface area contributed by atoms with Gasteiger partial charge in [0.1, 0.15) is 0 Å². The Morgan fingerprint density at radius 3 is 1.85 bits per heavy atom. The monoisotopic (exact) mass is 202 g/mol. The maximum Gasteiger partial charge on any atom is -0.00703 e. The fraction of sp³-hybridized carbons (Fsp3) is 1.00. The van der Waals surface area contributed by atoms with E-state index in [1.807, 2.05) is 11.8 Å². The molecule has 0 N–H and O–H groups in total. The van der Waals surface area contributed by atoms with Crippen molar-refractivity contribution in [1.29, 1.82) is 0 Å². The van der Waals surface area contributed by atoms with Gasteiger partial charge >= 0.3 is 0 Å². The molecule has 0 aliphatic rings. The van der Waals surface area contributed by atoms with Gasteiger partial charge < -0.3 is 0 Å². The van der Waals surface area contributed by atoms with Crippen molar-refractivity contribution in [2.45, 2.75) is 53.9 Å². The number of rotatable bonds is 5. The van der Waals surface area contributed by atoms with Crippen molar-refractivity contribution >= 4 is 11.8 Å². The zero-order valence-corrected chi connectivity index (χ0v) is 11.1. The van der Waals surface area contributed by atoms with E-state index in [-0.39, 0.29) is 0 Å². The van der Waals surface area contributed by atoms with E-state index in [2.05, 4.69) is 40.9 Å². The van der Waals surface area contributed by atoms with Gasteiger partial charge in [0.05, 0.1) is 0 Å². The van der Waals surface area contributed by atoms with Crippen LogP contribution in [0.1, 0.15) is 53.9 Å². The molecule has 0 saturated heterocycles. The molecule has 0 unspecified atom stereocenters. The SMILES string of the molecule is CSCCCCC(C)(C)C(C)(C)C. The van der Waals surface area contributed by atoms with Crippen molar-refractivity contribution in [3.05, 3.63) is 0 Å². The van der Waals surface area contributed by atoms with Gasteiger partial charge in [-0.25, -0.2) is 0 Å². The molecule has 0 aromatic heterocycles. The van der Waals surface area contributed by atoms with Crippen LogP contribution in [0.3, 0.4) is 0 Å². The third kappa shape index (κ3) is 4.95. The van der Waals surface area contributed by atoms with Crippen LogP contribution in [0.25, 0.3) is 0 Å². The Morgan fingerprint density at radius 2 is 1.46 bits per heavy atom. The van der Waals surface area contributed by atoms with Gasteiger partial charge in [-0.3, -0.25) is 0 Å². The molecule has 0 aromatic carbocycles. The minimum absolute atomic E-state index is 0.437. The van der Waals surface area contributed by atoms with E-state index < -0.39 is 0 Å². The highest BCUT2D eigenvalue weighted by molar-refractivity contribution is 7.98. The summed E-state index contributed by atoms with van der Waals surface area (Å²) in [5, 5.41) is 0. The number of thioether (sulfide) groups is 1. The molecule has 1 heteroatoms. The Balaban J connectivity index is 3.77. The van der Waals surface area contributed by atoms with Gasteiger partial charge in [0.25, 0.3) is 0 Å². The Morgan fingerprint density at radius 1 is 0.923 bits per heavy atom. The minimum atomic E-state index is 0.437. The molecule has 0 fully saturated rings. The smallest absolute Gasteiger partial charge is 0.00703 e. The quantitative estimate of drug-likeness (QED) is 0.587. The van der Waals surface area contributed by atoms with E-state index in [9.17, 15) is 0 Å². The van der Waals surface area contributed by atoms with Crippen LogP contribution in [-0.2, 0) is 0 Å². The van der Waals surface area contributed by atoms with Crippen molar-refractivity contribution in [2.75, 3.05) is 12.0 Å². The predicted molar refractivity (Wildman–Crippen MR) is 65.5 cm³/mol. The fourth-order valence-electron chi connectivity index (χ4n) is 1.19. The molecule has 0 saturated carbocycles. The van der Waals surface area contributed by atoms with Gasteiger partial charge in [-0.2, -0.15) is 11.8 Å². The molecule has 0 aromatic rings. The Kier molecular flexibility index (Phi) is 5.43. The second-order valence-electron chi connectivity index (χ2n) is 5.58. The molecule has 13 heavy (non-hydrogen) atoms. The summed E-state index contributed by atoms with van der Waals surface area (Å²) in [5.74, 6) is 1.32. The van der Waals surface area contributed by atoms with Crippen molar-refractivity contribution < 1.29 is 0 Å². The summed E-state index contributed by atoms with van der Waals surface area (Å²) >= 11 is 1.96. The number of unbranched alkanes of at least 4 members (excludes halogenated alkanes) is 1. The molecule has 0 aliphatic carbocycles. The van der Waals surface area contributed by atoms with Crippen LogP contribution in [0.15, 0.2) is 0 Å². The minimum Gasteiger partial charge on any atom is -0.165 e. The molecular formula is C12H26S. The van der Waals surface area contributed by atoms with Crippen LogP contribution in [-0.4, -0.2) is 12.0 Å². The topological polar surface area (TPSA) is 0 Å². The largest absolute Gasteiger partial charge is 0.165 e. The van der Waals surface area contributed by atoms with E-state index in [1.165, 1.54) is 25.0 Å². The average molecular weight is 202 g/mol. The third-order valence-corrected chi connectivity index (χ3v) is 4.13. The Labute approximate surface area is 88.9 Å². The lowest BCUT2D eigenvalue weighted by molar-refractivity contribution is 0.116. The van der Waals surface area contributed by atoms with Crippen molar-refractivity contribution in [2.24, 2.45) is 10.8 Å². The van der Waals surface area contributed by atoms with Crippen LogP contribution < -0.4 is 0 Å². The highest BCUT2D eigenvalue weighted by Crippen LogP contribution is 2.41. The fourth-order valence-corrected chi connectivity index (χ4v) is 1.68. The van der Waals surface area contributed by atoms with Gasteiger partial charge in [-0.1, -0.05) is 41.0 Å². The van der Waals surface area contributed by atoms with Gasteiger partial charge in [0.2, 0.25) is 0 Å². The summed E-state index contributed by atoms with van der Waals surface area (Å²) in [5.41, 5.74) is 0.914. The Hall–Kier alpha value is 0.350. The predicted octanol–water partition coefficient (Wildman–Crippen LogP) is 4.59. The Bertz CT molecular complexity index is 131. The zero-order chi connectivity index (χ0) is 10.5. The summed E-state index contributed by atoms with van der Waals surface area (Å²) in [6.45, 7) is 11.8. The highest BCUT2D eigenvalue weighted by atomic mass is 32.2. The first-order valence-corrected chi connectivity index (χ1v) is 6.69. The number of hydrogen-bond acceptors (Lipinski definition) is 1. The van der Waals surface area contributed by atoms with Gasteiger partial charge in [-0.05, 0) is 35.7 Å². The summed E-state index contributed by atoms with van der Waals surface area (Å²) in [6.07, 6.45) is 6.30. The molecule has 0 aliphatic heterocycles. The summed E-state index contributed by atoms with van der Waals surface area (Å²) in [4.78, 5) is 0. The first-order chi connectivity index (χ1) is 5.81. The molecule has 0 rings (SSSR count). The molecule has 0 nitrogen and oxygen atoms in total. The second kappa shape index (κ2) is 5.29. The van der Waals surface area contributed by atoms with E-state index in [4.69, 9.17) is 0 Å². The van der Waals surface area contributed by atoms with Gasteiger partial charge in [-0.15, -0.1) is 0 Å². The van der Waals surface area contributed by atoms with E-state index in [1.54, 1.807) is 0 Å². The maximum atomic E-state index is 2.39. The lowest BCUT2D eigenvalue weighted by Crippen LogP contribution is -2.29. The summed E-state index contributed by atoms with van der Waals surface area (Å²) in [7, 11) is 0. The molecule has 0 heterocycles. The number of hydrogen-bond donors (Lipinski definition) is 0. The summed E-state index contributed by atoms with van der Waals surface area (Å²) in [6, 6.07) is 0. The molecule has 0 spiro atoms. The van der Waals surface area contributed by atoms with Gasteiger partial charge in [0, 0.05) is 0 Å². The van der Waals surface area contributed by atoms with E-state index >= 15 is 0 Å². The first-order valence-electron chi connectivity index (χ1n) is 5.30. The highest BCUT2D eigenvalue weighted by Gasteiger charge is 2.31. The maximum absolute atomic E-state index is 2.39. The van der Waals surface area contributed by atoms with Crippen LogP contribution in [0.2, 0.25) is 0 Å². The van der Waals surface area contributed by atoms with Crippen LogP contribution in [0.5, 0.6) is 0 Å². The standard InChI is InChI=1S/C12H26S/c1-11(2,3)12(4,5)9-7-8-10-13-6/h7-10H2,1-6H3. The lowest BCUT2D eigenvalue weighted by Gasteiger charge is -2.39. The van der Waals surface area contributed by atoms with E-state index in [0.29, 0.717) is 10.8 Å². The normalized spacial score (nSPS) is 13.4. The van der Waals surface area contributed by atoms with Crippen molar-refractivity contribution in [3.63, 3.8) is 0 Å². The van der Waals surface area contributed by atoms with Crippen LogP contribution in [0.4, 0.5) is 0 Å². The third-order valence-electron chi connectivity index (χ3n) is 3.43. The lowest BCUT2D eigenvalue weighted by atomic mass is 9.67. The molecule has 80 valence electrons. The first kappa shape index (κ1) is 13.4. The molecule has 0 amide bonds. The molecular weight excluding hydrogens is 176 g/mol. The molecule has 0 bridgehead atoms. The van der Waals surface area contributed by atoms with Crippen LogP contribution >= 0.6 is 11.8 Å². The summed E-state index contributed by atoms with van der Waals surface area (Å²) < 4.78 is 0. The second-order valence-corrected chi connectivity index (χ2v) is 6.57.